The SMILES string of the molecule is Cc1sc2nc(-c3ccc(Cl)cc3)c(/C=C/C(=O)O)n2c1C. The Morgan fingerprint density at radius 3 is 2.64 bits per heavy atom. The van der Waals surface area contributed by atoms with Gasteiger partial charge in [-0.1, -0.05) is 23.7 Å². The second-order valence-corrected chi connectivity index (χ2v) is 6.50. The summed E-state index contributed by atoms with van der Waals surface area (Å²) in [5.41, 5.74) is 3.49. The first-order chi connectivity index (χ1) is 10.5. The van der Waals surface area contributed by atoms with Gasteiger partial charge < -0.3 is 5.11 Å². The number of thiazole rings is 1. The molecule has 0 radical (unpaired) electrons. The molecule has 0 bridgehead atoms. The maximum atomic E-state index is 10.9. The molecule has 0 spiro atoms. The molecule has 0 aliphatic carbocycles. The Hall–Kier alpha value is -2.11. The van der Waals surface area contributed by atoms with Crippen LogP contribution in [0.15, 0.2) is 30.3 Å². The molecular formula is C16H13ClN2O2S. The van der Waals surface area contributed by atoms with Gasteiger partial charge >= 0.3 is 5.97 Å². The van der Waals surface area contributed by atoms with Gasteiger partial charge in [-0.15, -0.1) is 11.3 Å². The zero-order valence-corrected chi connectivity index (χ0v) is 13.6. The lowest BCUT2D eigenvalue weighted by atomic mass is 10.1. The lowest BCUT2D eigenvalue weighted by Gasteiger charge is -2.02. The first-order valence-electron chi connectivity index (χ1n) is 6.63. The summed E-state index contributed by atoms with van der Waals surface area (Å²) in [6.45, 7) is 4.03. The van der Waals surface area contributed by atoms with Crippen LogP contribution in [-0.2, 0) is 4.79 Å². The summed E-state index contributed by atoms with van der Waals surface area (Å²) in [7, 11) is 0. The van der Waals surface area contributed by atoms with E-state index < -0.39 is 5.97 Å². The number of aromatic nitrogens is 2. The van der Waals surface area contributed by atoms with E-state index in [0.717, 1.165) is 38.6 Å². The third-order valence-electron chi connectivity index (χ3n) is 3.47. The molecule has 1 aromatic carbocycles. The van der Waals surface area contributed by atoms with E-state index in [1.807, 2.05) is 30.4 Å². The molecule has 22 heavy (non-hydrogen) atoms. The van der Waals surface area contributed by atoms with Gasteiger partial charge in [-0.2, -0.15) is 0 Å². The van der Waals surface area contributed by atoms with Crippen LogP contribution in [0, 0.1) is 13.8 Å². The van der Waals surface area contributed by atoms with Crippen molar-refractivity contribution < 1.29 is 9.90 Å². The second-order valence-electron chi connectivity index (χ2n) is 4.89. The van der Waals surface area contributed by atoms with Crippen LogP contribution < -0.4 is 0 Å². The molecule has 0 aliphatic heterocycles. The molecule has 0 amide bonds. The summed E-state index contributed by atoms with van der Waals surface area (Å²) in [5.74, 6) is -0.985. The molecule has 0 saturated heterocycles. The van der Waals surface area contributed by atoms with Gasteiger partial charge in [-0.05, 0) is 32.1 Å². The lowest BCUT2D eigenvalue weighted by molar-refractivity contribution is -0.131. The minimum Gasteiger partial charge on any atom is -0.478 e. The third kappa shape index (κ3) is 2.53. The molecule has 0 saturated carbocycles. The third-order valence-corrected chi connectivity index (χ3v) is 4.78. The molecule has 112 valence electrons. The maximum Gasteiger partial charge on any atom is 0.328 e. The van der Waals surface area contributed by atoms with Crippen LogP contribution in [0.25, 0.3) is 22.3 Å². The van der Waals surface area contributed by atoms with Crippen LogP contribution in [0.2, 0.25) is 5.02 Å². The number of carboxylic acids is 1. The number of nitrogens with zero attached hydrogens (tertiary/aromatic N) is 2. The molecular weight excluding hydrogens is 320 g/mol. The van der Waals surface area contributed by atoms with Gasteiger partial charge in [0.15, 0.2) is 4.96 Å². The number of carbonyl (C=O) groups is 1. The average molecular weight is 333 g/mol. The Morgan fingerprint density at radius 1 is 1.32 bits per heavy atom. The van der Waals surface area contributed by atoms with E-state index in [4.69, 9.17) is 16.7 Å². The van der Waals surface area contributed by atoms with E-state index in [0.29, 0.717) is 5.02 Å². The number of imidazole rings is 1. The number of benzene rings is 1. The van der Waals surface area contributed by atoms with E-state index >= 15 is 0 Å². The number of halogens is 1. The molecule has 3 rings (SSSR count). The predicted molar refractivity (Wildman–Crippen MR) is 89.7 cm³/mol. The lowest BCUT2D eigenvalue weighted by Crippen LogP contribution is -1.92. The highest BCUT2D eigenvalue weighted by Gasteiger charge is 2.17. The van der Waals surface area contributed by atoms with Crippen molar-refractivity contribution in [3.8, 4) is 11.3 Å². The number of carboxylic acid groups (broad SMARTS) is 1. The predicted octanol–water partition coefficient (Wildman–Crippen LogP) is 4.43. The van der Waals surface area contributed by atoms with Crippen molar-refractivity contribution in [3.63, 3.8) is 0 Å². The van der Waals surface area contributed by atoms with E-state index in [2.05, 4.69) is 4.98 Å². The van der Waals surface area contributed by atoms with Crippen LogP contribution in [0.4, 0.5) is 0 Å². The second kappa shape index (κ2) is 5.59. The molecule has 6 heteroatoms. The van der Waals surface area contributed by atoms with Gasteiger partial charge in [-0.25, -0.2) is 9.78 Å². The molecule has 2 aromatic heterocycles. The molecule has 0 aliphatic rings. The van der Waals surface area contributed by atoms with Crippen molar-refractivity contribution in [2.75, 3.05) is 0 Å². The molecule has 0 fully saturated rings. The fourth-order valence-electron chi connectivity index (χ4n) is 2.30. The van der Waals surface area contributed by atoms with Crippen LogP contribution in [0.1, 0.15) is 16.3 Å². The van der Waals surface area contributed by atoms with E-state index in [-0.39, 0.29) is 0 Å². The largest absolute Gasteiger partial charge is 0.478 e. The number of aliphatic carboxylic acids is 1. The quantitative estimate of drug-likeness (QED) is 0.722. The van der Waals surface area contributed by atoms with Crippen molar-refractivity contribution in [1.82, 2.24) is 9.38 Å². The Labute approximate surface area is 136 Å². The molecule has 2 heterocycles. The highest BCUT2D eigenvalue weighted by atomic mass is 35.5. The van der Waals surface area contributed by atoms with Gasteiger partial charge in [0.2, 0.25) is 0 Å². The van der Waals surface area contributed by atoms with Crippen LogP contribution in [0.5, 0.6) is 0 Å². The standard InChI is InChI=1S/C16H13ClN2O2S/c1-9-10(2)22-16-18-15(11-3-5-12(17)6-4-11)13(19(9)16)7-8-14(20)21/h3-8H,1-2H3,(H,20,21)/b8-7+. The molecule has 0 unspecified atom stereocenters. The summed E-state index contributed by atoms with van der Waals surface area (Å²) >= 11 is 7.52. The molecule has 0 atom stereocenters. The molecule has 4 nitrogen and oxygen atoms in total. The summed E-state index contributed by atoms with van der Waals surface area (Å²) < 4.78 is 1.99. The van der Waals surface area contributed by atoms with Crippen molar-refractivity contribution in [3.05, 3.63) is 51.6 Å². The van der Waals surface area contributed by atoms with Crippen LogP contribution in [-0.4, -0.2) is 20.5 Å². The number of fused-ring (bicyclic) bond motifs is 1. The fraction of sp³-hybridized carbons (Fsp3) is 0.125. The Morgan fingerprint density at radius 2 is 2.00 bits per heavy atom. The smallest absolute Gasteiger partial charge is 0.328 e. The van der Waals surface area contributed by atoms with Crippen LogP contribution in [0.3, 0.4) is 0 Å². The van der Waals surface area contributed by atoms with Crippen molar-refractivity contribution in [1.29, 1.82) is 0 Å². The zero-order chi connectivity index (χ0) is 15.9. The van der Waals surface area contributed by atoms with Gasteiger partial charge in [0.1, 0.15) is 0 Å². The van der Waals surface area contributed by atoms with Gasteiger partial charge in [0.05, 0.1) is 11.4 Å². The van der Waals surface area contributed by atoms with E-state index in [9.17, 15) is 4.79 Å². The number of aryl methyl sites for hydroxylation is 2. The molecule has 3 aromatic rings. The first-order valence-corrected chi connectivity index (χ1v) is 7.82. The van der Waals surface area contributed by atoms with E-state index in [1.165, 1.54) is 0 Å². The monoisotopic (exact) mass is 332 g/mol. The summed E-state index contributed by atoms with van der Waals surface area (Å²) in [6.07, 6.45) is 2.72. The van der Waals surface area contributed by atoms with Crippen molar-refractivity contribution in [2.45, 2.75) is 13.8 Å². The summed E-state index contributed by atoms with van der Waals surface area (Å²) in [5, 5.41) is 9.58. The minimum atomic E-state index is -0.985. The zero-order valence-electron chi connectivity index (χ0n) is 12.0. The van der Waals surface area contributed by atoms with E-state index in [1.54, 1.807) is 29.5 Å². The van der Waals surface area contributed by atoms with Crippen molar-refractivity contribution >= 4 is 39.9 Å². The number of hydrogen-bond donors (Lipinski definition) is 1. The highest BCUT2D eigenvalue weighted by Crippen LogP contribution is 2.32. The topological polar surface area (TPSA) is 54.6 Å². The highest BCUT2D eigenvalue weighted by molar-refractivity contribution is 7.17. The normalized spacial score (nSPS) is 11.6. The Balaban J connectivity index is 2.27. The number of hydrogen-bond acceptors (Lipinski definition) is 3. The Bertz CT molecular complexity index is 891. The molecule has 1 N–H and O–H groups in total. The summed E-state index contributed by atoms with van der Waals surface area (Å²) in [4.78, 5) is 17.6. The Kier molecular flexibility index (Phi) is 3.76. The van der Waals surface area contributed by atoms with Gasteiger partial charge in [-0.3, -0.25) is 4.40 Å². The number of rotatable bonds is 3. The fourth-order valence-corrected chi connectivity index (χ4v) is 3.40. The minimum absolute atomic E-state index is 0.652. The first kappa shape index (κ1) is 14.8. The van der Waals surface area contributed by atoms with Crippen LogP contribution >= 0.6 is 22.9 Å². The summed E-state index contributed by atoms with van der Waals surface area (Å²) in [6, 6.07) is 7.37. The van der Waals surface area contributed by atoms with Gasteiger partial charge in [0, 0.05) is 27.2 Å². The average Bonchev–Trinajstić information content (AvgIpc) is 2.95. The van der Waals surface area contributed by atoms with Gasteiger partial charge in [0.25, 0.3) is 0 Å². The maximum absolute atomic E-state index is 10.9. The van der Waals surface area contributed by atoms with Crippen molar-refractivity contribution in [2.24, 2.45) is 0 Å².